The van der Waals surface area contributed by atoms with Crippen molar-refractivity contribution >= 4 is 33.3 Å². The molecule has 0 saturated carbocycles. The van der Waals surface area contributed by atoms with Crippen molar-refractivity contribution < 1.29 is 18.3 Å². The van der Waals surface area contributed by atoms with E-state index in [4.69, 9.17) is 16.3 Å². The number of hydrogen-bond acceptors (Lipinski definition) is 2. The fourth-order valence-electron chi connectivity index (χ4n) is 1.57. The van der Waals surface area contributed by atoms with Crippen LogP contribution in [-0.2, 0) is 0 Å². The number of benzene rings is 2. The fraction of sp³-hybridized carbons (Fsp3) is 0.0714. The van der Waals surface area contributed by atoms with Crippen LogP contribution in [0.25, 0.3) is 0 Å². The second-order valence-electron chi connectivity index (χ2n) is 3.88. The van der Waals surface area contributed by atoms with Gasteiger partial charge in [-0.15, -0.1) is 0 Å². The first-order chi connectivity index (χ1) is 9.49. The van der Waals surface area contributed by atoms with Crippen LogP contribution in [0.15, 0.2) is 40.9 Å². The van der Waals surface area contributed by atoms with E-state index >= 15 is 0 Å². The Kier molecular flexibility index (Phi) is 4.73. The molecule has 104 valence electrons. The Morgan fingerprint density at radius 1 is 1.20 bits per heavy atom. The maximum Gasteiger partial charge on any atom is 0.206 e. The molecule has 0 atom stereocenters. The number of Topliss-reactive ketones (excluding diaryl/α,β-unsaturated/α-hetero) is 1. The maximum atomic E-state index is 13.4. The topological polar surface area (TPSA) is 26.3 Å². The van der Waals surface area contributed by atoms with E-state index in [0.717, 1.165) is 16.6 Å². The van der Waals surface area contributed by atoms with Crippen molar-refractivity contribution in [3.8, 4) is 5.75 Å². The number of halogens is 4. The summed E-state index contributed by atoms with van der Waals surface area (Å²) in [6, 6.07) is 8.04. The Hall–Kier alpha value is -1.46. The van der Waals surface area contributed by atoms with Gasteiger partial charge in [0.25, 0.3) is 0 Å². The number of rotatable bonds is 4. The molecule has 2 aromatic rings. The smallest absolute Gasteiger partial charge is 0.206 e. The van der Waals surface area contributed by atoms with E-state index in [1.165, 1.54) is 6.07 Å². The molecule has 0 amide bonds. The number of ketones is 1. The Bertz CT molecular complexity index is 641. The molecule has 0 radical (unpaired) electrons. The molecule has 0 N–H and O–H groups in total. The van der Waals surface area contributed by atoms with E-state index in [-0.39, 0.29) is 5.75 Å². The van der Waals surface area contributed by atoms with Crippen molar-refractivity contribution in [2.45, 2.75) is 0 Å². The van der Waals surface area contributed by atoms with Crippen LogP contribution in [0.5, 0.6) is 5.75 Å². The van der Waals surface area contributed by atoms with Gasteiger partial charge in [-0.2, -0.15) is 0 Å². The summed E-state index contributed by atoms with van der Waals surface area (Å²) in [5, 5.41) is 0.293. The van der Waals surface area contributed by atoms with Gasteiger partial charge in [0, 0.05) is 4.47 Å². The summed E-state index contributed by atoms with van der Waals surface area (Å²) in [5.41, 5.74) is -0.610. The number of ether oxygens (including phenoxy) is 1. The third-order valence-corrected chi connectivity index (χ3v) is 3.28. The molecule has 0 saturated heterocycles. The SMILES string of the molecule is O=C(COc1ccc(Br)cc1Cl)c1c(F)cccc1F. The highest BCUT2D eigenvalue weighted by Gasteiger charge is 2.17. The molecule has 20 heavy (non-hydrogen) atoms. The van der Waals surface area contributed by atoms with E-state index in [0.29, 0.717) is 5.02 Å². The minimum atomic E-state index is -0.916. The minimum absolute atomic E-state index is 0.264. The van der Waals surface area contributed by atoms with Gasteiger partial charge in [-0.1, -0.05) is 33.6 Å². The van der Waals surface area contributed by atoms with Crippen LogP contribution < -0.4 is 4.74 Å². The zero-order chi connectivity index (χ0) is 14.7. The molecule has 0 spiro atoms. The number of carbonyl (C=O) groups excluding carboxylic acids is 1. The first-order valence-corrected chi connectivity index (χ1v) is 6.71. The van der Waals surface area contributed by atoms with Crippen molar-refractivity contribution in [2.75, 3.05) is 6.61 Å². The predicted octanol–water partition coefficient (Wildman–Crippen LogP) is 4.64. The second kappa shape index (κ2) is 6.33. The van der Waals surface area contributed by atoms with E-state index < -0.39 is 29.6 Å². The van der Waals surface area contributed by atoms with Crippen molar-refractivity contribution in [1.29, 1.82) is 0 Å². The van der Waals surface area contributed by atoms with Crippen LogP contribution in [0.2, 0.25) is 5.02 Å². The molecule has 0 aromatic heterocycles. The van der Waals surface area contributed by atoms with Gasteiger partial charge in [-0.25, -0.2) is 8.78 Å². The van der Waals surface area contributed by atoms with Crippen LogP contribution in [0.3, 0.4) is 0 Å². The van der Waals surface area contributed by atoms with Crippen molar-refractivity contribution in [2.24, 2.45) is 0 Å². The van der Waals surface area contributed by atoms with Crippen LogP contribution in [0, 0.1) is 11.6 Å². The molecule has 0 heterocycles. The minimum Gasteiger partial charge on any atom is -0.484 e. The maximum absolute atomic E-state index is 13.4. The third-order valence-electron chi connectivity index (χ3n) is 2.49. The Labute approximate surface area is 127 Å². The molecular formula is C14H8BrClF2O2. The average molecular weight is 362 g/mol. The first kappa shape index (κ1) is 14.9. The summed E-state index contributed by atoms with van der Waals surface area (Å²) in [6.07, 6.45) is 0. The van der Waals surface area contributed by atoms with Gasteiger partial charge in [-0.05, 0) is 30.3 Å². The van der Waals surface area contributed by atoms with Gasteiger partial charge in [-0.3, -0.25) is 4.79 Å². The second-order valence-corrected chi connectivity index (χ2v) is 5.21. The molecule has 0 bridgehead atoms. The molecule has 2 nitrogen and oxygen atoms in total. The monoisotopic (exact) mass is 360 g/mol. The lowest BCUT2D eigenvalue weighted by Gasteiger charge is -2.08. The predicted molar refractivity (Wildman–Crippen MR) is 75.3 cm³/mol. The summed E-state index contributed by atoms with van der Waals surface area (Å²) < 4.78 is 32.8. The molecule has 0 fully saturated rings. The lowest BCUT2D eigenvalue weighted by atomic mass is 10.1. The molecule has 0 unspecified atom stereocenters. The number of hydrogen-bond donors (Lipinski definition) is 0. The summed E-state index contributed by atoms with van der Waals surface area (Å²) in [7, 11) is 0. The van der Waals surface area contributed by atoms with Crippen LogP contribution in [0.1, 0.15) is 10.4 Å². The normalized spacial score (nSPS) is 10.4. The van der Waals surface area contributed by atoms with Gasteiger partial charge < -0.3 is 4.74 Å². The summed E-state index contributed by atoms with van der Waals surface area (Å²) >= 11 is 9.13. The van der Waals surface area contributed by atoms with E-state index in [1.807, 2.05) is 0 Å². The Morgan fingerprint density at radius 2 is 1.85 bits per heavy atom. The summed E-state index contributed by atoms with van der Waals surface area (Å²) in [4.78, 5) is 11.8. The summed E-state index contributed by atoms with van der Waals surface area (Å²) in [6.45, 7) is -0.501. The van der Waals surface area contributed by atoms with Gasteiger partial charge >= 0.3 is 0 Å². The highest BCUT2D eigenvalue weighted by Crippen LogP contribution is 2.28. The van der Waals surface area contributed by atoms with Gasteiger partial charge in [0.15, 0.2) is 6.61 Å². The van der Waals surface area contributed by atoms with Crippen molar-refractivity contribution in [3.05, 3.63) is 63.1 Å². The largest absolute Gasteiger partial charge is 0.484 e. The highest BCUT2D eigenvalue weighted by atomic mass is 79.9. The molecular weight excluding hydrogens is 354 g/mol. The van der Waals surface area contributed by atoms with Crippen molar-refractivity contribution in [3.63, 3.8) is 0 Å². The van der Waals surface area contributed by atoms with E-state index in [1.54, 1.807) is 18.2 Å². The van der Waals surface area contributed by atoms with Gasteiger partial charge in [0.1, 0.15) is 17.4 Å². The van der Waals surface area contributed by atoms with Crippen LogP contribution in [0.4, 0.5) is 8.78 Å². The fourth-order valence-corrected chi connectivity index (χ4v) is 2.30. The zero-order valence-electron chi connectivity index (χ0n) is 10.00. The average Bonchev–Trinajstić information content (AvgIpc) is 2.37. The zero-order valence-corrected chi connectivity index (χ0v) is 12.3. The number of carbonyl (C=O) groups is 1. The lowest BCUT2D eigenvalue weighted by Crippen LogP contribution is -2.15. The molecule has 2 rings (SSSR count). The summed E-state index contributed by atoms with van der Waals surface area (Å²) in [5.74, 6) is -2.36. The standard InChI is InChI=1S/C14H8BrClF2O2/c15-8-4-5-13(9(16)6-8)20-7-12(19)14-10(17)2-1-3-11(14)18/h1-6H,7H2. The lowest BCUT2D eigenvalue weighted by molar-refractivity contribution is 0.0913. The molecule has 0 aliphatic carbocycles. The van der Waals surface area contributed by atoms with Gasteiger partial charge in [0.2, 0.25) is 5.78 Å². The van der Waals surface area contributed by atoms with Gasteiger partial charge in [0.05, 0.1) is 10.6 Å². The molecule has 2 aromatic carbocycles. The highest BCUT2D eigenvalue weighted by molar-refractivity contribution is 9.10. The third kappa shape index (κ3) is 3.35. The first-order valence-electron chi connectivity index (χ1n) is 5.54. The van der Waals surface area contributed by atoms with E-state index in [9.17, 15) is 13.6 Å². The Morgan fingerprint density at radius 3 is 2.45 bits per heavy atom. The Balaban J connectivity index is 2.13. The van der Waals surface area contributed by atoms with E-state index in [2.05, 4.69) is 15.9 Å². The van der Waals surface area contributed by atoms with Crippen LogP contribution >= 0.6 is 27.5 Å². The molecule has 0 aliphatic rings. The molecule has 0 aliphatic heterocycles. The van der Waals surface area contributed by atoms with Crippen LogP contribution in [-0.4, -0.2) is 12.4 Å². The quantitative estimate of drug-likeness (QED) is 0.742. The van der Waals surface area contributed by atoms with Crippen molar-refractivity contribution in [1.82, 2.24) is 0 Å². The molecule has 6 heteroatoms.